The number of benzene rings is 1. The minimum absolute atomic E-state index is 0.644. The van der Waals surface area contributed by atoms with Crippen LogP contribution in [0.15, 0.2) is 30.3 Å². The zero-order chi connectivity index (χ0) is 13.2. The third kappa shape index (κ3) is 6.38. The van der Waals surface area contributed by atoms with Crippen LogP contribution in [0.5, 0.6) is 0 Å². The molecule has 18 heavy (non-hydrogen) atoms. The highest BCUT2D eigenvalue weighted by molar-refractivity contribution is 8.22. The normalized spacial score (nSPS) is 10.6. The highest BCUT2D eigenvalue weighted by Gasteiger charge is 2.02. The maximum atomic E-state index is 5.55. The van der Waals surface area contributed by atoms with Crippen LogP contribution in [0, 0.1) is 0 Å². The topological polar surface area (TPSA) is 12.5 Å². The summed E-state index contributed by atoms with van der Waals surface area (Å²) in [5, 5.41) is 0. The van der Waals surface area contributed by atoms with E-state index >= 15 is 0 Å². The molecule has 0 fully saturated rings. The lowest BCUT2D eigenvalue weighted by molar-refractivity contribution is 0.222. The smallest absolute Gasteiger partial charge is 0.220 e. The van der Waals surface area contributed by atoms with Crippen LogP contribution in [0.25, 0.3) is 0 Å². The quantitative estimate of drug-likeness (QED) is 0.709. The second kappa shape index (κ2) is 9.36. The van der Waals surface area contributed by atoms with Gasteiger partial charge >= 0.3 is 0 Å². The lowest BCUT2D eigenvalue weighted by Gasteiger charge is -2.17. The predicted molar refractivity (Wildman–Crippen MR) is 84.1 cm³/mol. The van der Waals surface area contributed by atoms with Crippen LogP contribution >= 0.6 is 24.0 Å². The minimum Gasteiger partial charge on any atom is -0.477 e. The van der Waals surface area contributed by atoms with Crippen molar-refractivity contribution in [1.29, 1.82) is 0 Å². The molecule has 0 saturated heterocycles. The summed E-state index contributed by atoms with van der Waals surface area (Å²) in [6, 6.07) is 10.3. The number of rotatable bonds is 7. The van der Waals surface area contributed by atoms with Gasteiger partial charge in [0.25, 0.3) is 0 Å². The van der Waals surface area contributed by atoms with Gasteiger partial charge in [-0.05, 0) is 30.9 Å². The van der Waals surface area contributed by atoms with E-state index in [0.29, 0.717) is 11.0 Å². The van der Waals surface area contributed by atoms with Crippen LogP contribution < -0.4 is 0 Å². The van der Waals surface area contributed by atoms with E-state index in [0.717, 1.165) is 25.4 Å². The summed E-state index contributed by atoms with van der Waals surface area (Å²) >= 11 is 6.79. The maximum absolute atomic E-state index is 5.55. The molecule has 1 aromatic carbocycles. The van der Waals surface area contributed by atoms with Gasteiger partial charge in [0.15, 0.2) is 0 Å². The Labute approximate surface area is 120 Å². The highest BCUT2D eigenvalue weighted by Crippen LogP contribution is 2.14. The first-order valence-electron chi connectivity index (χ1n) is 6.32. The van der Waals surface area contributed by atoms with Crippen molar-refractivity contribution in [2.75, 3.05) is 26.2 Å². The number of hydrogen-bond acceptors (Lipinski definition) is 4. The Hall–Kier alpha value is -0.580. The van der Waals surface area contributed by atoms with Crippen molar-refractivity contribution < 1.29 is 4.74 Å². The molecule has 0 heterocycles. The molecule has 0 spiro atoms. The van der Waals surface area contributed by atoms with Crippen molar-refractivity contribution in [2.24, 2.45) is 0 Å². The van der Waals surface area contributed by atoms with Crippen molar-refractivity contribution in [1.82, 2.24) is 4.90 Å². The van der Waals surface area contributed by atoms with Crippen molar-refractivity contribution in [3.05, 3.63) is 35.9 Å². The van der Waals surface area contributed by atoms with E-state index < -0.39 is 0 Å². The van der Waals surface area contributed by atoms with E-state index in [9.17, 15) is 0 Å². The summed E-state index contributed by atoms with van der Waals surface area (Å²) in [4.78, 5) is 2.32. The van der Waals surface area contributed by atoms with Crippen molar-refractivity contribution >= 4 is 28.4 Å². The molecule has 1 aromatic rings. The molecule has 0 bridgehead atoms. The molecule has 1 rings (SSSR count). The summed E-state index contributed by atoms with van der Waals surface area (Å²) in [6.07, 6.45) is 0. The average Bonchev–Trinajstić information content (AvgIpc) is 2.42. The number of thioether (sulfide) groups is 1. The summed E-state index contributed by atoms with van der Waals surface area (Å²) in [7, 11) is 0. The van der Waals surface area contributed by atoms with Crippen molar-refractivity contribution in [2.45, 2.75) is 19.6 Å². The van der Waals surface area contributed by atoms with Gasteiger partial charge in [-0.25, -0.2) is 0 Å². The summed E-state index contributed by atoms with van der Waals surface area (Å²) in [6.45, 7) is 8.06. The third-order valence-electron chi connectivity index (χ3n) is 2.72. The van der Waals surface area contributed by atoms with Gasteiger partial charge in [0.1, 0.15) is 6.61 Å². The first kappa shape index (κ1) is 15.5. The Bertz CT molecular complexity index is 339. The average molecular weight is 283 g/mol. The van der Waals surface area contributed by atoms with Crippen LogP contribution in [0.2, 0.25) is 0 Å². The van der Waals surface area contributed by atoms with Crippen LogP contribution in [0.1, 0.15) is 19.4 Å². The van der Waals surface area contributed by atoms with Crippen LogP contribution in [0.3, 0.4) is 0 Å². The van der Waals surface area contributed by atoms with Crippen molar-refractivity contribution in [3.8, 4) is 0 Å². The second-order valence-corrected chi connectivity index (χ2v) is 5.48. The second-order valence-electron chi connectivity index (χ2n) is 3.90. The monoisotopic (exact) mass is 283 g/mol. The molecular weight excluding hydrogens is 262 g/mol. The zero-order valence-electron chi connectivity index (χ0n) is 11.1. The van der Waals surface area contributed by atoms with Gasteiger partial charge in [-0.15, -0.1) is 0 Å². The highest BCUT2D eigenvalue weighted by atomic mass is 32.2. The molecule has 0 unspecified atom stereocenters. The van der Waals surface area contributed by atoms with Gasteiger partial charge < -0.3 is 9.64 Å². The van der Waals surface area contributed by atoms with E-state index in [1.807, 2.05) is 18.2 Å². The molecule has 0 amide bonds. The summed E-state index contributed by atoms with van der Waals surface area (Å²) in [5.74, 6) is 0.880. The predicted octanol–water partition coefficient (Wildman–Crippen LogP) is 3.56. The van der Waals surface area contributed by atoms with Gasteiger partial charge in [0.05, 0.1) is 0 Å². The molecule has 0 aromatic heterocycles. The molecule has 0 radical (unpaired) electrons. The number of ether oxygens (including phenoxy) is 1. The van der Waals surface area contributed by atoms with Gasteiger partial charge in [0, 0.05) is 12.3 Å². The first-order chi connectivity index (χ1) is 8.76. The van der Waals surface area contributed by atoms with E-state index in [4.69, 9.17) is 17.0 Å². The number of likely N-dealkylation sites (N-methyl/N-ethyl adjacent to an activating group) is 1. The molecule has 4 heteroatoms. The third-order valence-corrected chi connectivity index (χ3v) is 4.02. The van der Waals surface area contributed by atoms with Gasteiger partial charge in [-0.3, -0.25) is 0 Å². The largest absolute Gasteiger partial charge is 0.477 e. The van der Waals surface area contributed by atoms with E-state index in [1.165, 1.54) is 5.56 Å². The standard InChI is InChI=1S/C14H21NOS2/c1-3-15(4-2)10-11-16-14(17)18-12-13-8-6-5-7-9-13/h5-9H,3-4,10-12H2,1-2H3. The molecule has 0 aliphatic heterocycles. The Balaban J connectivity index is 2.14. The fraction of sp³-hybridized carbons (Fsp3) is 0.500. The van der Waals surface area contributed by atoms with Gasteiger partial charge in [-0.2, -0.15) is 0 Å². The van der Waals surface area contributed by atoms with Crippen LogP contribution in [-0.2, 0) is 10.5 Å². The Morgan fingerprint density at radius 3 is 2.50 bits per heavy atom. The fourth-order valence-electron chi connectivity index (χ4n) is 1.56. The number of nitrogens with zero attached hydrogens (tertiary/aromatic N) is 1. The number of hydrogen-bond donors (Lipinski definition) is 0. The summed E-state index contributed by atoms with van der Waals surface area (Å²) in [5.41, 5.74) is 1.28. The Kier molecular flexibility index (Phi) is 8.05. The molecule has 0 N–H and O–H groups in total. The van der Waals surface area contributed by atoms with Crippen LogP contribution in [0.4, 0.5) is 0 Å². The first-order valence-corrected chi connectivity index (χ1v) is 7.71. The summed E-state index contributed by atoms with van der Waals surface area (Å²) < 4.78 is 6.20. The van der Waals surface area contributed by atoms with Gasteiger partial charge in [-0.1, -0.05) is 55.9 Å². The SMILES string of the molecule is CCN(CC)CCOC(=S)SCc1ccccc1. The lowest BCUT2D eigenvalue weighted by atomic mass is 10.2. The molecule has 2 nitrogen and oxygen atoms in total. The van der Waals surface area contributed by atoms with Crippen molar-refractivity contribution in [3.63, 3.8) is 0 Å². The molecule has 0 atom stereocenters. The van der Waals surface area contributed by atoms with E-state index in [1.54, 1.807) is 11.8 Å². The Morgan fingerprint density at radius 1 is 1.22 bits per heavy atom. The van der Waals surface area contributed by atoms with Crippen LogP contribution in [-0.4, -0.2) is 35.5 Å². The zero-order valence-corrected chi connectivity index (χ0v) is 12.7. The molecule has 100 valence electrons. The maximum Gasteiger partial charge on any atom is 0.220 e. The molecule has 0 saturated carbocycles. The minimum atomic E-state index is 0.644. The number of thiocarbonyl (C=S) groups is 1. The van der Waals surface area contributed by atoms with E-state index in [-0.39, 0.29) is 0 Å². The van der Waals surface area contributed by atoms with Gasteiger partial charge in [0.2, 0.25) is 4.38 Å². The molecular formula is C14H21NOS2. The Morgan fingerprint density at radius 2 is 1.89 bits per heavy atom. The fourth-order valence-corrected chi connectivity index (χ4v) is 2.46. The molecule has 0 aliphatic carbocycles. The lowest BCUT2D eigenvalue weighted by Crippen LogP contribution is -2.27. The van der Waals surface area contributed by atoms with E-state index in [2.05, 4.69) is 30.9 Å². The molecule has 0 aliphatic rings.